The maximum absolute atomic E-state index is 3.69. The highest BCUT2D eigenvalue weighted by Gasteiger charge is 2.12. The molecule has 0 spiro atoms. The zero-order valence-electron chi connectivity index (χ0n) is 12.9. The van der Waals surface area contributed by atoms with Gasteiger partial charge in [0, 0.05) is 21.8 Å². The summed E-state index contributed by atoms with van der Waals surface area (Å²) in [7, 11) is 0. The van der Waals surface area contributed by atoms with E-state index in [1.54, 1.807) is 0 Å². The van der Waals surface area contributed by atoms with Crippen LogP contribution in [0.5, 0.6) is 0 Å². The first-order valence-electron chi connectivity index (χ1n) is 7.51. The van der Waals surface area contributed by atoms with Crippen LogP contribution in [0.1, 0.15) is 60.2 Å². The Morgan fingerprint density at radius 2 is 1.70 bits per heavy atom. The Kier molecular flexibility index (Phi) is 5.38. The Balaban J connectivity index is 1.98. The molecule has 1 heterocycles. The molecule has 1 aromatic heterocycles. The molecule has 0 radical (unpaired) electrons. The molecule has 0 amide bonds. The molecule has 1 aromatic carbocycles. The average molecular weight is 287 g/mol. The molecule has 2 aromatic rings. The lowest BCUT2D eigenvalue weighted by Gasteiger charge is -2.20. The second-order valence-electron chi connectivity index (χ2n) is 5.55. The summed E-state index contributed by atoms with van der Waals surface area (Å²) in [5.74, 6) is 0. The first-order chi connectivity index (χ1) is 9.60. The van der Waals surface area contributed by atoms with E-state index < -0.39 is 0 Å². The van der Waals surface area contributed by atoms with Crippen molar-refractivity contribution < 1.29 is 0 Å². The van der Waals surface area contributed by atoms with Gasteiger partial charge in [0.25, 0.3) is 0 Å². The Labute approximate surface area is 127 Å². The maximum Gasteiger partial charge on any atom is 0.0391 e. The molecule has 0 saturated heterocycles. The summed E-state index contributed by atoms with van der Waals surface area (Å²) in [6, 6.07) is 14.2. The van der Waals surface area contributed by atoms with Gasteiger partial charge in [0.1, 0.15) is 0 Å². The zero-order valence-corrected chi connectivity index (χ0v) is 13.8. The quantitative estimate of drug-likeness (QED) is 0.748. The van der Waals surface area contributed by atoms with Crippen molar-refractivity contribution in [3.05, 3.63) is 57.3 Å². The van der Waals surface area contributed by atoms with E-state index in [2.05, 4.69) is 69.4 Å². The van der Waals surface area contributed by atoms with Gasteiger partial charge >= 0.3 is 0 Å². The van der Waals surface area contributed by atoms with Crippen LogP contribution in [0.25, 0.3) is 0 Å². The molecule has 0 fully saturated rings. The molecule has 0 aliphatic carbocycles. The Morgan fingerprint density at radius 1 is 1.00 bits per heavy atom. The standard InChI is InChI=1S/C18H25NS/c1-5-6-16-8-10-17(11-9-16)14(3)19-15(4)18-12-7-13(2)20-18/h7-12,14-15,19H,5-6H2,1-4H3. The summed E-state index contributed by atoms with van der Waals surface area (Å²) in [5, 5.41) is 3.69. The van der Waals surface area contributed by atoms with Crippen LogP contribution in [0, 0.1) is 6.92 Å². The molecule has 2 rings (SSSR count). The van der Waals surface area contributed by atoms with Crippen molar-refractivity contribution >= 4 is 11.3 Å². The first-order valence-corrected chi connectivity index (χ1v) is 8.33. The van der Waals surface area contributed by atoms with Gasteiger partial charge < -0.3 is 5.32 Å². The first kappa shape index (κ1) is 15.3. The van der Waals surface area contributed by atoms with Gasteiger partial charge in [0.05, 0.1) is 0 Å². The summed E-state index contributed by atoms with van der Waals surface area (Å²) in [6.07, 6.45) is 2.38. The van der Waals surface area contributed by atoms with E-state index in [4.69, 9.17) is 0 Å². The lowest BCUT2D eigenvalue weighted by Crippen LogP contribution is -2.21. The average Bonchev–Trinajstić information content (AvgIpc) is 2.86. The highest BCUT2D eigenvalue weighted by Crippen LogP contribution is 2.25. The minimum absolute atomic E-state index is 0.378. The van der Waals surface area contributed by atoms with Crippen molar-refractivity contribution in [1.29, 1.82) is 0 Å². The summed E-state index contributed by atoms with van der Waals surface area (Å²) in [4.78, 5) is 2.79. The number of benzene rings is 1. The number of aryl methyl sites for hydroxylation is 2. The van der Waals surface area contributed by atoms with Crippen LogP contribution in [0.3, 0.4) is 0 Å². The van der Waals surface area contributed by atoms with Crippen molar-refractivity contribution in [2.45, 2.75) is 52.6 Å². The summed E-state index contributed by atoms with van der Waals surface area (Å²) in [6.45, 7) is 8.87. The van der Waals surface area contributed by atoms with Gasteiger partial charge in [-0.3, -0.25) is 0 Å². The van der Waals surface area contributed by atoms with Crippen LogP contribution in [0.15, 0.2) is 36.4 Å². The van der Waals surface area contributed by atoms with Gasteiger partial charge in [-0.05, 0) is 50.5 Å². The third-order valence-corrected chi connectivity index (χ3v) is 4.89. The minimum Gasteiger partial charge on any atom is -0.303 e. The molecule has 2 heteroatoms. The fourth-order valence-corrected chi connectivity index (χ4v) is 3.39. The molecule has 0 aliphatic heterocycles. The maximum atomic E-state index is 3.69. The molecule has 0 saturated carbocycles. The molecule has 2 unspecified atom stereocenters. The summed E-state index contributed by atoms with van der Waals surface area (Å²) >= 11 is 1.88. The topological polar surface area (TPSA) is 12.0 Å². The second kappa shape index (κ2) is 7.05. The number of nitrogens with one attached hydrogen (secondary N) is 1. The minimum atomic E-state index is 0.378. The summed E-state index contributed by atoms with van der Waals surface area (Å²) in [5.41, 5.74) is 2.80. The smallest absolute Gasteiger partial charge is 0.0391 e. The molecule has 1 nitrogen and oxygen atoms in total. The SMILES string of the molecule is CCCc1ccc(C(C)NC(C)c2ccc(C)s2)cc1. The monoisotopic (exact) mass is 287 g/mol. The largest absolute Gasteiger partial charge is 0.303 e. The van der Waals surface area contributed by atoms with E-state index in [-0.39, 0.29) is 0 Å². The molecule has 0 bridgehead atoms. The van der Waals surface area contributed by atoms with Crippen LogP contribution >= 0.6 is 11.3 Å². The molecule has 0 aliphatic rings. The van der Waals surface area contributed by atoms with Crippen molar-refractivity contribution in [2.75, 3.05) is 0 Å². The van der Waals surface area contributed by atoms with Crippen LogP contribution in [0.2, 0.25) is 0 Å². The van der Waals surface area contributed by atoms with E-state index in [9.17, 15) is 0 Å². The highest BCUT2D eigenvalue weighted by atomic mass is 32.1. The number of thiophene rings is 1. The van der Waals surface area contributed by atoms with E-state index in [0.29, 0.717) is 12.1 Å². The Morgan fingerprint density at radius 3 is 2.25 bits per heavy atom. The molecule has 2 atom stereocenters. The number of hydrogen-bond acceptors (Lipinski definition) is 2. The normalized spacial score (nSPS) is 14.2. The van der Waals surface area contributed by atoms with E-state index in [0.717, 1.165) is 0 Å². The van der Waals surface area contributed by atoms with Crippen molar-refractivity contribution in [2.24, 2.45) is 0 Å². The van der Waals surface area contributed by atoms with Crippen LogP contribution in [-0.2, 0) is 6.42 Å². The van der Waals surface area contributed by atoms with E-state index in [1.165, 1.54) is 33.7 Å². The predicted molar refractivity (Wildman–Crippen MR) is 89.5 cm³/mol. The van der Waals surface area contributed by atoms with Crippen molar-refractivity contribution in [1.82, 2.24) is 5.32 Å². The van der Waals surface area contributed by atoms with Crippen LogP contribution in [-0.4, -0.2) is 0 Å². The predicted octanol–water partition coefficient (Wildman–Crippen LogP) is 5.42. The fourth-order valence-electron chi connectivity index (χ4n) is 2.50. The van der Waals surface area contributed by atoms with Gasteiger partial charge in [0.15, 0.2) is 0 Å². The van der Waals surface area contributed by atoms with Gasteiger partial charge in [-0.15, -0.1) is 11.3 Å². The number of hydrogen-bond donors (Lipinski definition) is 1. The van der Waals surface area contributed by atoms with E-state index >= 15 is 0 Å². The summed E-state index contributed by atoms with van der Waals surface area (Å²) < 4.78 is 0. The Hall–Kier alpha value is -1.12. The number of rotatable bonds is 6. The Bertz CT molecular complexity index is 527. The third kappa shape index (κ3) is 3.94. The second-order valence-corrected chi connectivity index (χ2v) is 6.87. The van der Waals surface area contributed by atoms with Crippen LogP contribution in [0.4, 0.5) is 0 Å². The van der Waals surface area contributed by atoms with Gasteiger partial charge in [0.2, 0.25) is 0 Å². The van der Waals surface area contributed by atoms with Gasteiger partial charge in [-0.1, -0.05) is 37.6 Å². The third-order valence-electron chi connectivity index (χ3n) is 3.71. The molecule has 20 heavy (non-hydrogen) atoms. The molecular formula is C18H25NS. The van der Waals surface area contributed by atoms with Crippen molar-refractivity contribution in [3.8, 4) is 0 Å². The van der Waals surface area contributed by atoms with Gasteiger partial charge in [-0.25, -0.2) is 0 Å². The van der Waals surface area contributed by atoms with Crippen molar-refractivity contribution in [3.63, 3.8) is 0 Å². The lowest BCUT2D eigenvalue weighted by molar-refractivity contribution is 0.500. The zero-order chi connectivity index (χ0) is 14.5. The highest BCUT2D eigenvalue weighted by molar-refractivity contribution is 7.12. The molecule has 1 N–H and O–H groups in total. The van der Waals surface area contributed by atoms with Crippen LogP contribution < -0.4 is 5.32 Å². The molecule has 108 valence electrons. The van der Waals surface area contributed by atoms with Gasteiger partial charge in [-0.2, -0.15) is 0 Å². The molecular weight excluding hydrogens is 262 g/mol. The lowest BCUT2D eigenvalue weighted by atomic mass is 10.0. The fraction of sp³-hybridized carbons (Fsp3) is 0.444. The van der Waals surface area contributed by atoms with E-state index in [1.807, 2.05) is 11.3 Å².